The molecule has 11 rings (SSSR count). The van der Waals surface area contributed by atoms with Crippen LogP contribution in [0.15, 0.2) is 193 Å². The first-order chi connectivity index (χ1) is 27.5. The molecule has 0 aliphatic heterocycles. The number of aromatic nitrogens is 1. The molecule has 3 aliphatic rings. The Bertz CT molecular complexity index is 3000. The lowest BCUT2D eigenvalue weighted by Gasteiger charge is -2.27. The van der Waals surface area contributed by atoms with Crippen molar-refractivity contribution in [3.05, 3.63) is 215 Å². The molecule has 8 aromatic rings. The first kappa shape index (κ1) is 33.3. The Morgan fingerprint density at radius 3 is 2.11 bits per heavy atom. The van der Waals surface area contributed by atoms with Gasteiger partial charge in [-0.25, -0.2) is 0 Å². The third kappa shape index (κ3) is 5.33. The van der Waals surface area contributed by atoms with Gasteiger partial charge in [0.15, 0.2) is 0 Å². The summed E-state index contributed by atoms with van der Waals surface area (Å²) in [4.78, 5) is 0. The molecule has 7 aromatic carbocycles. The van der Waals surface area contributed by atoms with Gasteiger partial charge in [-0.15, -0.1) is 0 Å². The van der Waals surface area contributed by atoms with Crippen molar-refractivity contribution in [1.82, 2.24) is 4.57 Å². The normalized spacial score (nSPS) is 17.3. The van der Waals surface area contributed by atoms with Crippen molar-refractivity contribution in [3.63, 3.8) is 0 Å². The third-order valence-corrected chi connectivity index (χ3v) is 15.0. The van der Waals surface area contributed by atoms with Crippen molar-refractivity contribution >= 4 is 57.1 Å². The molecule has 56 heavy (non-hydrogen) atoms. The highest BCUT2D eigenvalue weighted by molar-refractivity contribution is 7.77. The molecular weight excluding hydrogens is 694 g/mol. The summed E-state index contributed by atoms with van der Waals surface area (Å²) in [6.45, 7) is 4.79. The van der Waals surface area contributed by atoms with E-state index in [2.05, 4.69) is 207 Å². The zero-order valence-electron chi connectivity index (χ0n) is 31.8. The van der Waals surface area contributed by atoms with Gasteiger partial charge in [0.05, 0.1) is 11.2 Å². The highest BCUT2D eigenvalue weighted by Gasteiger charge is 2.36. The maximum Gasteiger partial charge on any atom is 0.0537 e. The monoisotopic (exact) mass is 735 g/mol. The van der Waals surface area contributed by atoms with E-state index in [1.165, 1.54) is 93.1 Å². The van der Waals surface area contributed by atoms with Crippen LogP contribution in [0.3, 0.4) is 0 Å². The standard InChI is InChI=1S/C54H42NP/c1-54(2)50-18-10-8-16-46(50)47-30-28-45(35-51(47)54)56(44-27-22-40-32-38-12-6-7-13-39(38)33-41(40)34-44)43-25-20-36(21-26-43)37-23-29-49-48-17-9-11-19-52(48)55(53(49)31-24-37)42-14-4-3-5-15-42/h3-20,22-28,30-36H,21,29H2,1-2H3/t36?,56-/m0/s1. The molecule has 0 saturated carbocycles. The fourth-order valence-electron chi connectivity index (χ4n) is 9.68. The first-order valence-corrected chi connectivity index (χ1v) is 21.3. The predicted molar refractivity (Wildman–Crippen MR) is 241 cm³/mol. The van der Waals surface area contributed by atoms with Gasteiger partial charge in [0.1, 0.15) is 0 Å². The van der Waals surface area contributed by atoms with Crippen LogP contribution in [0.5, 0.6) is 0 Å². The smallest absolute Gasteiger partial charge is 0.0537 e. The zero-order chi connectivity index (χ0) is 37.4. The average Bonchev–Trinajstić information content (AvgIpc) is 3.56. The van der Waals surface area contributed by atoms with Crippen LogP contribution in [0.4, 0.5) is 0 Å². The van der Waals surface area contributed by atoms with Gasteiger partial charge in [0, 0.05) is 22.4 Å². The van der Waals surface area contributed by atoms with Crippen molar-refractivity contribution in [2.75, 3.05) is 0 Å². The van der Waals surface area contributed by atoms with Gasteiger partial charge in [-0.1, -0.05) is 153 Å². The second kappa shape index (κ2) is 13.0. The molecule has 3 aliphatic carbocycles. The molecule has 2 heteroatoms. The molecule has 0 spiro atoms. The van der Waals surface area contributed by atoms with Crippen molar-refractivity contribution in [2.45, 2.75) is 32.1 Å². The SMILES string of the molecule is CC1(C)c2ccccc2-c2ccc([P@@](C3=CCC(C4=CCc5c(n(-c6ccccc6)c6ccccc56)C=C4)C=C3)c3ccc4cc5ccccc5cc4c3)cc21. The second-order valence-corrected chi connectivity index (χ2v) is 18.3. The summed E-state index contributed by atoms with van der Waals surface area (Å²) in [6.07, 6.45) is 16.6. The lowest BCUT2D eigenvalue weighted by molar-refractivity contribution is 0.661. The van der Waals surface area contributed by atoms with E-state index in [4.69, 9.17) is 0 Å². The number of nitrogens with zero attached hydrogens (tertiary/aromatic N) is 1. The summed E-state index contributed by atoms with van der Waals surface area (Å²) >= 11 is 0. The molecular formula is C54H42NP. The van der Waals surface area contributed by atoms with E-state index in [1.807, 2.05) is 0 Å². The summed E-state index contributed by atoms with van der Waals surface area (Å²) < 4.78 is 2.43. The highest BCUT2D eigenvalue weighted by Crippen LogP contribution is 2.52. The minimum atomic E-state index is -0.798. The highest BCUT2D eigenvalue weighted by atomic mass is 31.1. The minimum absolute atomic E-state index is 0.0453. The molecule has 0 fully saturated rings. The fraction of sp³-hybridized carbons (Fsp3) is 0.111. The Labute approximate surface area is 330 Å². The molecule has 0 bridgehead atoms. The molecule has 1 unspecified atom stereocenters. The predicted octanol–water partition coefficient (Wildman–Crippen LogP) is 13.3. The van der Waals surface area contributed by atoms with Gasteiger partial charge in [0.25, 0.3) is 0 Å². The lowest BCUT2D eigenvalue weighted by atomic mass is 9.82. The van der Waals surface area contributed by atoms with Crippen LogP contribution in [0.1, 0.15) is 42.7 Å². The van der Waals surface area contributed by atoms with Crippen LogP contribution in [0.2, 0.25) is 0 Å². The summed E-state index contributed by atoms with van der Waals surface area (Å²) in [5.74, 6) is 0.337. The van der Waals surface area contributed by atoms with Gasteiger partial charge < -0.3 is 4.57 Å². The van der Waals surface area contributed by atoms with Crippen LogP contribution in [-0.2, 0) is 11.8 Å². The number of allylic oxidation sites excluding steroid dienone is 7. The van der Waals surface area contributed by atoms with Crippen LogP contribution in [0.25, 0.3) is 55.3 Å². The molecule has 1 aromatic heterocycles. The Kier molecular flexibility index (Phi) is 7.77. The summed E-state index contributed by atoms with van der Waals surface area (Å²) in [5, 5.41) is 10.8. The third-order valence-electron chi connectivity index (χ3n) is 12.5. The van der Waals surface area contributed by atoms with Gasteiger partial charge >= 0.3 is 0 Å². The van der Waals surface area contributed by atoms with E-state index in [0.29, 0.717) is 5.92 Å². The number of benzene rings is 7. The van der Waals surface area contributed by atoms with Gasteiger partial charge in [-0.05, 0) is 140 Å². The summed E-state index contributed by atoms with van der Waals surface area (Å²) in [5.41, 5.74) is 12.1. The van der Waals surface area contributed by atoms with E-state index in [9.17, 15) is 0 Å². The van der Waals surface area contributed by atoms with Crippen molar-refractivity contribution in [2.24, 2.45) is 5.92 Å². The first-order valence-electron chi connectivity index (χ1n) is 19.9. The quantitative estimate of drug-likeness (QED) is 0.123. The van der Waals surface area contributed by atoms with Crippen molar-refractivity contribution < 1.29 is 0 Å². The lowest BCUT2D eigenvalue weighted by Crippen LogP contribution is -2.19. The van der Waals surface area contributed by atoms with E-state index in [0.717, 1.165) is 12.8 Å². The number of hydrogen-bond acceptors (Lipinski definition) is 0. The maximum atomic E-state index is 2.56. The van der Waals surface area contributed by atoms with Gasteiger partial charge in [-0.2, -0.15) is 0 Å². The summed E-state index contributed by atoms with van der Waals surface area (Å²) in [7, 11) is -0.798. The Balaban J connectivity index is 0.971. The van der Waals surface area contributed by atoms with E-state index >= 15 is 0 Å². The molecule has 1 nitrogen and oxygen atoms in total. The molecule has 268 valence electrons. The van der Waals surface area contributed by atoms with Crippen LogP contribution >= 0.6 is 7.92 Å². The summed E-state index contributed by atoms with van der Waals surface area (Å²) in [6, 6.07) is 56.7. The largest absolute Gasteiger partial charge is 0.310 e. The second-order valence-electron chi connectivity index (χ2n) is 16.1. The molecule has 2 atom stereocenters. The molecule has 0 saturated heterocycles. The van der Waals surface area contributed by atoms with Crippen LogP contribution < -0.4 is 10.6 Å². The number of hydrogen-bond donors (Lipinski definition) is 0. The Morgan fingerprint density at radius 1 is 0.571 bits per heavy atom. The molecule has 0 radical (unpaired) electrons. The maximum absolute atomic E-state index is 2.56. The average molecular weight is 736 g/mol. The molecule has 0 N–H and O–H groups in total. The zero-order valence-corrected chi connectivity index (χ0v) is 32.7. The fourth-order valence-corrected chi connectivity index (χ4v) is 12.1. The van der Waals surface area contributed by atoms with E-state index in [1.54, 1.807) is 0 Å². The number of para-hydroxylation sites is 2. The Hall–Kier alpha value is -6.01. The van der Waals surface area contributed by atoms with Gasteiger partial charge in [0.2, 0.25) is 0 Å². The topological polar surface area (TPSA) is 4.93 Å². The van der Waals surface area contributed by atoms with Crippen LogP contribution in [0, 0.1) is 5.92 Å². The van der Waals surface area contributed by atoms with E-state index < -0.39 is 7.92 Å². The number of fused-ring (bicyclic) bond motifs is 8. The van der Waals surface area contributed by atoms with Crippen LogP contribution in [-0.4, -0.2) is 4.57 Å². The van der Waals surface area contributed by atoms with Crippen molar-refractivity contribution in [3.8, 4) is 16.8 Å². The van der Waals surface area contributed by atoms with Gasteiger partial charge in [-0.3, -0.25) is 0 Å². The molecule has 0 amide bonds. The minimum Gasteiger partial charge on any atom is -0.310 e. The molecule has 1 heterocycles. The number of rotatable bonds is 5. The van der Waals surface area contributed by atoms with E-state index in [-0.39, 0.29) is 5.41 Å². The van der Waals surface area contributed by atoms with Crippen molar-refractivity contribution in [1.29, 1.82) is 0 Å². The Morgan fingerprint density at radius 2 is 1.27 bits per heavy atom.